The van der Waals surface area contributed by atoms with Crippen molar-refractivity contribution >= 4 is 15.9 Å². The van der Waals surface area contributed by atoms with Crippen LogP contribution in [-0.2, 0) is 19.5 Å². The first-order chi connectivity index (χ1) is 9.65. The summed E-state index contributed by atoms with van der Waals surface area (Å²) in [5.41, 5.74) is 0.259. The largest absolute Gasteiger partial charge is 0.345 e. The molecule has 0 N–H and O–H groups in total. The minimum atomic E-state index is 0.0947. The molecule has 0 fully saturated rings. The molecule has 1 aromatic rings. The van der Waals surface area contributed by atoms with Crippen LogP contribution in [0.5, 0.6) is 0 Å². The summed E-state index contributed by atoms with van der Waals surface area (Å²) < 4.78 is 3.60. The van der Waals surface area contributed by atoms with Gasteiger partial charge in [-0.2, -0.15) is 5.10 Å². The summed E-state index contributed by atoms with van der Waals surface area (Å²) in [5.74, 6) is 0.984. The fourth-order valence-corrected chi connectivity index (χ4v) is 4.13. The predicted molar refractivity (Wildman–Crippen MR) is 85.5 cm³/mol. The molecule has 2 rings (SSSR count). The Balaban J connectivity index is 2.26. The standard InChI is InChI=1S/C15H26BrN3O/c1-3-8-15(11-16,9-4-2)12-19-14(20)18-10-6-5-7-13(18)17-19/h3-12H2,1-2H3. The van der Waals surface area contributed by atoms with Crippen molar-refractivity contribution in [3.05, 3.63) is 16.3 Å². The summed E-state index contributed by atoms with van der Waals surface area (Å²) in [6.07, 6.45) is 7.78. The minimum Gasteiger partial charge on any atom is -0.279 e. The molecule has 1 aliphatic heterocycles. The molecule has 0 spiro atoms. The highest BCUT2D eigenvalue weighted by Gasteiger charge is 2.30. The van der Waals surface area contributed by atoms with Gasteiger partial charge in [-0.3, -0.25) is 4.57 Å². The average Bonchev–Trinajstić information content (AvgIpc) is 2.76. The Morgan fingerprint density at radius 3 is 2.50 bits per heavy atom. The van der Waals surface area contributed by atoms with Gasteiger partial charge >= 0.3 is 5.69 Å². The number of aromatic nitrogens is 3. The van der Waals surface area contributed by atoms with Crippen LogP contribution in [0.2, 0.25) is 0 Å². The molecule has 0 unspecified atom stereocenters. The smallest absolute Gasteiger partial charge is 0.279 e. The lowest BCUT2D eigenvalue weighted by molar-refractivity contribution is 0.219. The van der Waals surface area contributed by atoms with Crippen LogP contribution in [0.4, 0.5) is 0 Å². The van der Waals surface area contributed by atoms with E-state index in [1.807, 2.05) is 4.57 Å². The number of nitrogens with zero attached hydrogens (tertiary/aromatic N) is 3. The molecule has 0 atom stereocenters. The maximum Gasteiger partial charge on any atom is 0.345 e. The first-order valence-electron chi connectivity index (χ1n) is 7.88. The molecular formula is C15H26BrN3O. The number of aryl methyl sites for hydroxylation is 1. The van der Waals surface area contributed by atoms with Crippen LogP contribution in [0.3, 0.4) is 0 Å². The van der Waals surface area contributed by atoms with E-state index in [1.165, 1.54) is 0 Å². The van der Waals surface area contributed by atoms with Crippen LogP contribution in [0.1, 0.15) is 58.2 Å². The second-order valence-corrected chi connectivity index (χ2v) is 6.66. The lowest BCUT2D eigenvalue weighted by Crippen LogP contribution is -2.35. The van der Waals surface area contributed by atoms with Crippen molar-refractivity contribution < 1.29 is 0 Å². The van der Waals surface area contributed by atoms with Crippen molar-refractivity contribution in [1.82, 2.24) is 14.3 Å². The fraction of sp³-hybridized carbons (Fsp3) is 0.867. The number of alkyl halides is 1. The second-order valence-electron chi connectivity index (χ2n) is 6.10. The van der Waals surface area contributed by atoms with Gasteiger partial charge in [0.25, 0.3) is 0 Å². The normalized spacial score (nSPS) is 15.3. The zero-order valence-electron chi connectivity index (χ0n) is 12.7. The monoisotopic (exact) mass is 343 g/mol. The van der Waals surface area contributed by atoms with E-state index in [4.69, 9.17) is 0 Å². The molecule has 4 nitrogen and oxygen atoms in total. The highest BCUT2D eigenvalue weighted by atomic mass is 79.9. The molecule has 0 amide bonds. The van der Waals surface area contributed by atoms with Gasteiger partial charge in [0.15, 0.2) is 0 Å². The molecule has 1 aliphatic rings. The third-order valence-corrected chi connectivity index (χ3v) is 5.55. The number of hydrogen-bond donors (Lipinski definition) is 0. The molecule has 0 saturated carbocycles. The Hall–Kier alpha value is -0.580. The van der Waals surface area contributed by atoms with E-state index in [9.17, 15) is 4.79 Å². The van der Waals surface area contributed by atoms with Crippen molar-refractivity contribution in [3.63, 3.8) is 0 Å². The van der Waals surface area contributed by atoms with Crippen LogP contribution < -0.4 is 5.69 Å². The van der Waals surface area contributed by atoms with E-state index in [1.54, 1.807) is 4.68 Å². The van der Waals surface area contributed by atoms with Crippen molar-refractivity contribution in [1.29, 1.82) is 0 Å². The minimum absolute atomic E-state index is 0.0947. The van der Waals surface area contributed by atoms with Gasteiger partial charge in [-0.05, 0) is 31.1 Å². The van der Waals surface area contributed by atoms with E-state index in [-0.39, 0.29) is 11.1 Å². The fourth-order valence-electron chi connectivity index (χ4n) is 3.39. The summed E-state index contributed by atoms with van der Waals surface area (Å²) in [4.78, 5) is 12.5. The Morgan fingerprint density at radius 1 is 1.25 bits per heavy atom. The van der Waals surface area contributed by atoms with E-state index >= 15 is 0 Å². The first-order valence-corrected chi connectivity index (χ1v) is 9.00. The molecule has 0 radical (unpaired) electrons. The lowest BCUT2D eigenvalue weighted by Gasteiger charge is -2.31. The Bertz CT molecular complexity index is 486. The third kappa shape index (κ3) is 3.18. The lowest BCUT2D eigenvalue weighted by atomic mass is 9.81. The molecule has 2 heterocycles. The zero-order valence-corrected chi connectivity index (χ0v) is 14.3. The van der Waals surface area contributed by atoms with Gasteiger partial charge in [0, 0.05) is 18.3 Å². The quantitative estimate of drug-likeness (QED) is 0.712. The van der Waals surface area contributed by atoms with Crippen LogP contribution in [-0.4, -0.2) is 19.7 Å². The van der Waals surface area contributed by atoms with Crippen molar-refractivity contribution in [2.24, 2.45) is 5.41 Å². The van der Waals surface area contributed by atoms with Gasteiger partial charge in [-0.15, -0.1) is 0 Å². The van der Waals surface area contributed by atoms with Gasteiger partial charge in [-0.25, -0.2) is 9.48 Å². The van der Waals surface area contributed by atoms with E-state index in [0.717, 1.165) is 69.2 Å². The summed E-state index contributed by atoms with van der Waals surface area (Å²) in [5, 5.41) is 5.53. The van der Waals surface area contributed by atoms with E-state index in [2.05, 4.69) is 34.9 Å². The molecule has 1 aromatic heterocycles. The zero-order chi connectivity index (χ0) is 14.6. The average molecular weight is 344 g/mol. The van der Waals surface area contributed by atoms with Gasteiger partial charge in [0.05, 0.1) is 6.54 Å². The van der Waals surface area contributed by atoms with Crippen LogP contribution in [0.15, 0.2) is 4.79 Å². The third-order valence-electron chi connectivity index (χ3n) is 4.36. The molecule has 114 valence electrons. The SMILES string of the molecule is CCCC(CBr)(CCC)Cn1nc2n(c1=O)CCCC2. The Morgan fingerprint density at radius 2 is 1.95 bits per heavy atom. The number of fused-ring (bicyclic) bond motifs is 1. The van der Waals surface area contributed by atoms with Crippen molar-refractivity contribution in [3.8, 4) is 0 Å². The number of hydrogen-bond acceptors (Lipinski definition) is 2. The summed E-state index contributed by atoms with van der Waals surface area (Å²) >= 11 is 3.68. The number of rotatable bonds is 7. The van der Waals surface area contributed by atoms with Gasteiger partial charge in [0.1, 0.15) is 5.82 Å². The Kier molecular flexibility index (Phi) is 5.47. The van der Waals surface area contributed by atoms with Gasteiger partial charge in [0.2, 0.25) is 0 Å². The van der Waals surface area contributed by atoms with Crippen LogP contribution >= 0.6 is 15.9 Å². The summed E-state index contributed by atoms with van der Waals surface area (Å²) in [6.45, 7) is 6.03. The maximum absolute atomic E-state index is 12.5. The molecular weight excluding hydrogens is 318 g/mol. The summed E-state index contributed by atoms with van der Waals surface area (Å²) in [6, 6.07) is 0. The van der Waals surface area contributed by atoms with Crippen molar-refractivity contribution in [2.75, 3.05) is 5.33 Å². The van der Waals surface area contributed by atoms with Crippen molar-refractivity contribution in [2.45, 2.75) is 71.9 Å². The Labute approximate surface area is 129 Å². The van der Waals surface area contributed by atoms with Crippen LogP contribution in [0, 0.1) is 5.41 Å². The maximum atomic E-state index is 12.5. The van der Waals surface area contributed by atoms with Gasteiger partial charge in [-0.1, -0.05) is 42.6 Å². The van der Waals surface area contributed by atoms with Crippen LogP contribution in [0.25, 0.3) is 0 Å². The van der Waals surface area contributed by atoms with Gasteiger partial charge < -0.3 is 0 Å². The second kappa shape index (κ2) is 6.92. The highest BCUT2D eigenvalue weighted by Crippen LogP contribution is 2.33. The molecule has 20 heavy (non-hydrogen) atoms. The molecule has 0 saturated heterocycles. The predicted octanol–water partition coefficient (Wildman–Crippen LogP) is 3.36. The summed E-state index contributed by atoms with van der Waals surface area (Å²) in [7, 11) is 0. The molecule has 0 bridgehead atoms. The topological polar surface area (TPSA) is 39.8 Å². The molecule has 0 aliphatic carbocycles. The molecule has 0 aromatic carbocycles. The van der Waals surface area contributed by atoms with E-state index < -0.39 is 0 Å². The number of halogens is 1. The molecule has 5 heteroatoms. The van der Waals surface area contributed by atoms with E-state index in [0.29, 0.717) is 0 Å². The highest BCUT2D eigenvalue weighted by molar-refractivity contribution is 9.09. The first kappa shape index (κ1) is 15.8.